The van der Waals surface area contributed by atoms with Crippen LogP contribution in [-0.4, -0.2) is 18.1 Å². The molecule has 1 amide bonds. The number of carbonyl (C=O) groups is 1. The predicted octanol–water partition coefficient (Wildman–Crippen LogP) is 4.43. The summed E-state index contributed by atoms with van der Waals surface area (Å²) < 4.78 is 6.85. The number of amides is 1. The van der Waals surface area contributed by atoms with Crippen LogP contribution in [0.4, 0.5) is 0 Å². The molecule has 1 aliphatic rings. The first-order chi connectivity index (χ1) is 10.6. The van der Waals surface area contributed by atoms with Crippen molar-refractivity contribution in [1.82, 2.24) is 5.32 Å². The molecule has 0 aliphatic heterocycles. The lowest BCUT2D eigenvalue weighted by molar-refractivity contribution is -0.127. The third-order valence-corrected chi connectivity index (χ3v) is 4.65. The van der Waals surface area contributed by atoms with Crippen molar-refractivity contribution in [2.75, 3.05) is 0 Å². The minimum atomic E-state index is -0.478. The number of rotatable bonds is 4. The Morgan fingerprint density at radius 2 is 1.86 bits per heavy atom. The molecular weight excluding hydrogens is 342 g/mol. The minimum absolute atomic E-state index is 0.0252. The van der Waals surface area contributed by atoms with E-state index in [0.29, 0.717) is 6.04 Å². The van der Waals surface area contributed by atoms with Crippen molar-refractivity contribution in [3.05, 3.63) is 40.9 Å². The largest absolute Gasteiger partial charge is 0.481 e. The Bertz CT molecular complexity index is 680. The molecule has 2 aromatic rings. The van der Waals surface area contributed by atoms with Gasteiger partial charge in [-0.2, -0.15) is 0 Å². The predicted molar refractivity (Wildman–Crippen MR) is 92.1 cm³/mol. The number of ether oxygens (including phenoxy) is 1. The van der Waals surface area contributed by atoms with E-state index in [0.717, 1.165) is 33.8 Å². The van der Waals surface area contributed by atoms with Crippen molar-refractivity contribution in [2.45, 2.75) is 44.8 Å². The van der Waals surface area contributed by atoms with Gasteiger partial charge in [0.25, 0.3) is 5.91 Å². The molecule has 0 heterocycles. The van der Waals surface area contributed by atoms with E-state index in [9.17, 15) is 4.79 Å². The van der Waals surface area contributed by atoms with Gasteiger partial charge in [0.1, 0.15) is 5.75 Å². The van der Waals surface area contributed by atoms with Crippen molar-refractivity contribution in [3.8, 4) is 5.75 Å². The number of hydrogen-bond acceptors (Lipinski definition) is 2. The summed E-state index contributed by atoms with van der Waals surface area (Å²) in [4.78, 5) is 12.2. The molecular formula is C18H20BrNO2. The van der Waals surface area contributed by atoms with Crippen molar-refractivity contribution < 1.29 is 9.53 Å². The minimum Gasteiger partial charge on any atom is -0.481 e. The summed E-state index contributed by atoms with van der Waals surface area (Å²) in [5.41, 5.74) is 0. The van der Waals surface area contributed by atoms with Gasteiger partial charge >= 0.3 is 0 Å². The molecule has 2 aromatic carbocycles. The second-order valence-electron chi connectivity index (χ2n) is 5.90. The monoisotopic (exact) mass is 361 g/mol. The Hall–Kier alpha value is -1.55. The van der Waals surface area contributed by atoms with Crippen LogP contribution in [0.2, 0.25) is 0 Å². The Labute approximate surface area is 139 Å². The average Bonchev–Trinajstić information content (AvgIpc) is 3.00. The van der Waals surface area contributed by atoms with Crippen LogP contribution in [0.25, 0.3) is 10.8 Å². The maximum absolute atomic E-state index is 12.2. The molecule has 0 unspecified atom stereocenters. The molecule has 0 radical (unpaired) electrons. The molecule has 3 rings (SSSR count). The summed E-state index contributed by atoms with van der Waals surface area (Å²) in [7, 11) is 0. The van der Waals surface area contributed by atoms with Gasteiger partial charge in [0.2, 0.25) is 0 Å². The number of carbonyl (C=O) groups excluding carboxylic acids is 1. The molecule has 0 bridgehead atoms. The highest BCUT2D eigenvalue weighted by atomic mass is 79.9. The second-order valence-corrected chi connectivity index (χ2v) is 6.82. The summed E-state index contributed by atoms with van der Waals surface area (Å²) in [6, 6.07) is 12.3. The van der Waals surface area contributed by atoms with Crippen molar-refractivity contribution in [1.29, 1.82) is 0 Å². The van der Waals surface area contributed by atoms with E-state index in [1.54, 1.807) is 6.92 Å². The van der Waals surface area contributed by atoms with Gasteiger partial charge in [-0.05, 0) is 54.8 Å². The van der Waals surface area contributed by atoms with E-state index >= 15 is 0 Å². The molecule has 3 nitrogen and oxygen atoms in total. The topological polar surface area (TPSA) is 38.3 Å². The molecule has 1 N–H and O–H groups in total. The first kappa shape index (κ1) is 15.3. The second kappa shape index (κ2) is 6.69. The zero-order valence-corrected chi connectivity index (χ0v) is 14.2. The van der Waals surface area contributed by atoms with E-state index in [-0.39, 0.29) is 5.91 Å². The van der Waals surface area contributed by atoms with Gasteiger partial charge in [0, 0.05) is 10.5 Å². The molecule has 22 heavy (non-hydrogen) atoms. The quantitative estimate of drug-likeness (QED) is 0.874. The Balaban J connectivity index is 1.66. The summed E-state index contributed by atoms with van der Waals surface area (Å²) in [6.45, 7) is 1.80. The first-order valence-corrected chi connectivity index (χ1v) is 8.57. The van der Waals surface area contributed by atoms with Crippen LogP contribution in [0.1, 0.15) is 32.6 Å². The zero-order chi connectivity index (χ0) is 15.5. The van der Waals surface area contributed by atoms with Gasteiger partial charge in [0.15, 0.2) is 6.10 Å². The fourth-order valence-electron chi connectivity index (χ4n) is 2.91. The van der Waals surface area contributed by atoms with Crippen LogP contribution in [0.3, 0.4) is 0 Å². The van der Waals surface area contributed by atoms with Gasteiger partial charge in [-0.15, -0.1) is 0 Å². The van der Waals surface area contributed by atoms with E-state index < -0.39 is 6.10 Å². The molecule has 1 saturated carbocycles. The van der Waals surface area contributed by atoms with Gasteiger partial charge in [-0.3, -0.25) is 4.79 Å². The standard InChI is InChI=1S/C18H20BrNO2/c1-12(18(21)20-16-4-2-3-5-16)22-17-9-7-13-10-15(19)8-6-14(13)11-17/h6-12,16H,2-5H2,1H3,(H,20,21)/t12-/m0/s1. The smallest absolute Gasteiger partial charge is 0.260 e. The van der Waals surface area contributed by atoms with Gasteiger partial charge in [-0.1, -0.05) is 40.9 Å². The highest BCUT2D eigenvalue weighted by Crippen LogP contribution is 2.25. The third-order valence-electron chi connectivity index (χ3n) is 4.16. The van der Waals surface area contributed by atoms with Gasteiger partial charge < -0.3 is 10.1 Å². The SMILES string of the molecule is C[C@H](Oc1ccc2cc(Br)ccc2c1)C(=O)NC1CCCC1. The van der Waals surface area contributed by atoms with Crippen LogP contribution in [0.15, 0.2) is 40.9 Å². The van der Waals surface area contributed by atoms with Crippen molar-refractivity contribution in [2.24, 2.45) is 0 Å². The third kappa shape index (κ3) is 3.61. The lowest BCUT2D eigenvalue weighted by Gasteiger charge is -2.18. The number of hydrogen-bond donors (Lipinski definition) is 1. The lowest BCUT2D eigenvalue weighted by Crippen LogP contribution is -2.41. The lowest BCUT2D eigenvalue weighted by atomic mass is 10.1. The summed E-state index contributed by atoms with van der Waals surface area (Å²) in [6.07, 6.45) is 4.11. The van der Waals surface area contributed by atoms with E-state index in [2.05, 4.69) is 27.3 Å². The van der Waals surface area contributed by atoms with Crippen LogP contribution in [0, 0.1) is 0 Å². The van der Waals surface area contributed by atoms with E-state index in [1.807, 2.05) is 30.3 Å². The van der Waals surface area contributed by atoms with Crippen LogP contribution < -0.4 is 10.1 Å². The number of halogens is 1. The Kier molecular flexibility index (Phi) is 4.67. The van der Waals surface area contributed by atoms with Gasteiger partial charge in [-0.25, -0.2) is 0 Å². The molecule has 0 spiro atoms. The molecule has 0 saturated heterocycles. The molecule has 0 aromatic heterocycles. The number of nitrogens with one attached hydrogen (secondary N) is 1. The van der Waals surface area contributed by atoms with Crippen molar-refractivity contribution in [3.63, 3.8) is 0 Å². The number of benzene rings is 2. The van der Waals surface area contributed by atoms with Crippen LogP contribution in [-0.2, 0) is 4.79 Å². The highest BCUT2D eigenvalue weighted by Gasteiger charge is 2.21. The fraction of sp³-hybridized carbons (Fsp3) is 0.389. The van der Waals surface area contributed by atoms with Crippen molar-refractivity contribution >= 4 is 32.6 Å². The average molecular weight is 362 g/mol. The summed E-state index contributed by atoms with van der Waals surface area (Å²) in [5, 5.41) is 5.32. The summed E-state index contributed by atoms with van der Waals surface area (Å²) in [5.74, 6) is 0.701. The molecule has 4 heteroatoms. The molecule has 1 fully saturated rings. The number of fused-ring (bicyclic) bond motifs is 1. The van der Waals surface area contributed by atoms with Gasteiger partial charge in [0.05, 0.1) is 0 Å². The van der Waals surface area contributed by atoms with Crippen LogP contribution in [0.5, 0.6) is 5.75 Å². The Morgan fingerprint density at radius 3 is 2.64 bits per heavy atom. The maximum Gasteiger partial charge on any atom is 0.260 e. The molecule has 1 atom stereocenters. The van der Waals surface area contributed by atoms with Crippen LogP contribution >= 0.6 is 15.9 Å². The molecule has 116 valence electrons. The van der Waals surface area contributed by atoms with E-state index in [1.165, 1.54) is 12.8 Å². The zero-order valence-electron chi connectivity index (χ0n) is 12.6. The fourth-order valence-corrected chi connectivity index (χ4v) is 3.29. The van der Waals surface area contributed by atoms with E-state index in [4.69, 9.17) is 4.74 Å². The first-order valence-electron chi connectivity index (χ1n) is 7.78. The Morgan fingerprint density at radius 1 is 1.18 bits per heavy atom. The maximum atomic E-state index is 12.2. The normalized spacial score (nSPS) is 16.6. The molecule has 1 aliphatic carbocycles. The summed E-state index contributed by atoms with van der Waals surface area (Å²) >= 11 is 3.47. The highest BCUT2D eigenvalue weighted by molar-refractivity contribution is 9.10.